The fourth-order valence-corrected chi connectivity index (χ4v) is 3.24. The van der Waals surface area contributed by atoms with Crippen LogP contribution in [0.5, 0.6) is 0 Å². The second-order valence-electron chi connectivity index (χ2n) is 7.04. The Morgan fingerprint density at radius 3 is 2.17 bits per heavy atom. The molecule has 3 heteroatoms. The molecule has 0 atom stereocenters. The maximum Gasteiger partial charge on any atom is 0.193 e. The molecule has 126 valence electrons. The average molecular weight is 323 g/mol. The molecule has 1 aliphatic heterocycles. The van der Waals surface area contributed by atoms with Crippen LogP contribution in [0.3, 0.4) is 0 Å². The summed E-state index contributed by atoms with van der Waals surface area (Å²) in [6.07, 6.45) is 0. The second kappa shape index (κ2) is 7.29. The number of rotatable bonds is 5. The van der Waals surface area contributed by atoms with Crippen LogP contribution in [-0.2, 0) is 10.2 Å². The molecule has 0 aromatic heterocycles. The molecule has 0 unspecified atom stereocenters. The molecular weight excluding hydrogens is 298 g/mol. The Morgan fingerprint density at radius 2 is 1.54 bits per heavy atom. The Bertz CT molecular complexity index is 671. The zero-order chi connectivity index (χ0) is 17.0. The minimum atomic E-state index is 0.0473. The smallest absolute Gasteiger partial charge is 0.193 e. The van der Waals surface area contributed by atoms with Crippen LogP contribution in [0.25, 0.3) is 0 Å². The van der Waals surface area contributed by atoms with Crippen LogP contribution in [0, 0.1) is 0 Å². The van der Waals surface area contributed by atoms with Gasteiger partial charge in [-0.2, -0.15) is 0 Å². The lowest BCUT2D eigenvalue weighted by Crippen LogP contribution is -2.43. The first-order valence-electron chi connectivity index (χ1n) is 8.57. The van der Waals surface area contributed by atoms with E-state index >= 15 is 0 Å². The van der Waals surface area contributed by atoms with E-state index in [1.165, 1.54) is 5.56 Å². The van der Waals surface area contributed by atoms with Crippen LogP contribution in [0.15, 0.2) is 54.6 Å². The van der Waals surface area contributed by atoms with Gasteiger partial charge in [0.2, 0.25) is 0 Å². The number of hydrogen-bond donors (Lipinski definition) is 0. The lowest BCUT2D eigenvalue weighted by Gasteiger charge is -2.35. The minimum absolute atomic E-state index is 0.0473. The molecular formula is C21H25NO2. The van der Waals surface area contributed by atoms with Gasteiger partial charge in [-0.25, -0.2) is 0 Å². The number of ether oxygens (including phenoxy) is 1. The predicted octanol–water partition coefficient (Wildman–Crippen LogP) is 3.53. The van der Waals surface area contributed by atoms with Crippen molar-refractivity contribution >= 4 is 5.78 Å². The molecule has 0 saturated carbocycles. The van der Waals surface area contributed by atoms with Crippen LogP contribution >= 0.6 is 0 Å². The molecule has 2 aromatic carbocycles. The monoisotopic (exact) mass is 323 g/mol. The third kappa shape index (κ3) is 3.92. The molecule has 1 fully saturated rings. The minimum Gasteiger partial charge on any atom is -0.379 e. The number of carbonyl (C=O) groups is 1. The van der Waals surface area contributed by atoms with E-state index in [0.29, 0.717) is 0 Å². The maximum atomic E-state index is 12.5. The summed E-state index contributed by atoms with van der Waals surface area (Å²) in [7, 11) is 0. The molecule has 3 nitrogen and oxygen atoms in total. The molecule has 2 aromatic rings. The van der Waals surface area contributed by atoms with Crippen LogP contribution in [0.1, 0.15) is 35.3 Å². The summed E-state index contributed by atoms with van der Waals surface area (Å²) in [5, 5.41) is 0. The first-order valence-corrected chi connectivity index (χ1v) is 8.57. The fraction of sp³-hybridized carbons (Fsp3) is 0.381. The molecule has 0 amide bonds. The van der Waals surface area contributed by atoms with Gasteiger partial charge in [0.05, 0.1) is 13.2 Å². The van der Waals surface area contributed by atoms with Crippen molar-refractivity contribution in [3.63, 3.8) is 0 Å². The van der Waals surface area contributed by atoms with E-state index in [4.69, 9.17) is 4.74 Å². The SMILES string of the molecule is CC(C)(CN1CCOCC1)c1ccc(C(=O)c2ccccc2)cc1. The zero-order valence-electron chi connectivity index (χ0n) is 14.5. The lowest BCUT2D eigenvalue weighted by molar-refractivity contribution is 0.0295. The molecule has 0 bridgehead atoms. The number of ketones is 1. The molecule has 0 aliphatic carbocycles. The van der Waals surface area contributed by atoms with Crippen LogP contribution < -0.4 is 0 Å². The normalized spacial score (nSPS) is 16.1. The highest BCUT2D eigenvalue weighted by Crippen LogP contribution is 2.25. The van der Waals surface area contributed by atoms with Crippen molar-refractivity contribution in [1.82, 2.24) is 4.90 Å². The maximum absolute atomic E-state index is 12.5. The Hall–Kier alpha value is -1.97. The Balaban J connectivity index is 1.72. The zero-order valence-corrected chi connectivity index (χ0v) is 14.5. The standard InChI is InChI=1S/C21H25NO2/c1-21(2,16-22-12-14-24-15-13-22)19-10-8-18(9-11-19)20(23)17-6-4-3-5-7-17/h3-11H,12-16H2,1-2H3. The molecule has 3 rings (SSSR count). The van der Waals surface area contributed by atoms with Crippen molar-refractivity contribution in [1.29, 1.82) is 0 Å². The highest BCUT2D eigenvalue weighted by Gasteiger charge is 2.25. The number of carbonyl (C=O) groups excluding carboxylic acids is 1. The highest BCUT2D eigenvalue weighted by atomic mass is 16.5. The van der Waals surface area contributed by atoms with Gasteiger partial charge in [0.1, 0.15) is 0 Å². The van der Waals surface area contributed by atoms with E-state index in [1.807, 2.05) is 42.5 Å². The van der Waals surface area contributed by atoms with E-state index in [2.05, 4.69) is 30.9 Å². The van der Waals surface area contributed by atoms with Gasteiger partial charge < -0.3 is 4.74 Å². The molecule has 1 aliphatic rings. The van der Waals surface area contributed by atoms with Crippen LogP contribution in [0.2, 0.25) is 0 Å². The van der Waals surface area contributed by atoms with Gasteiger partial charge in [0.25, 0.3) is 0 Å². The Labute approximate surface area is 144 Å². The molecule has 1 heterocycles. The lowest BCUT2D eigenvalue weighted by atomic mass is 9.83. The van der Waals surface area contributed by atoms with Gasteiger partial charge >= 0.3 is 0 Å². The number of benzene rings is 2. The number of morpholine rings is 1. The van der Waals surface area contributed by atoms with E-state index in [1.54, 1.807) is 0 Å². The summed E-state index contributed by atoms with van der Waals surface area (Å²) in [4.78, 5) is 15.0. The van der Waals surface area contributed by atoms with Gasteiger partial charge in [0, 0.05) is 36.2 Å². The van der Waals surface area contributed by atoms with Gasteiger partial charge in [-0.1, -0.05) is 68.4 Å². The van der Waals surface area contributed by atoms with Crippen molar-refractivity contribution in [2.24, 2.45) is 0 Å². The molecule has 0 N–H and O–H groups in total. The average Bonchev–Trinajstić information content (AvgIpc) is 2.62. The van der Waals surface area contributed by atoms with Crippen molar-refractivity contribution in [3.05, 3.63) is 71.3 Å². The van der Waals surface area contributed by atoms with Crippen molar-refractivity contribution in [2.75, 3.05) is 32.8 Å². The second-order valence-corrected chi connectivity index (χ2v) is 7.04. The number of nitrogens with zero attached hydrogens (tertiary/aromatic N) is 1. The third-order valence-electron chi connectivity index (χ3n) is 4.69. The molecule has 0 spiro atoms. The summed E-state index contributed by atoms with van der Waals surface area (Å²) in [6.45, 7) is 9.15. The predicted molar refractivity (Wildman–Crippen MR) is 96.6 cm³/mol. The van der Waals surface area contributed by atoms with Gasteiger partial charge in [-0.15, -0.1) is 0 Å². The summed E-state index contributed by atoms with van der Waals surface area (Å²) in [6, 6.07) is 17.5. The van der Waals surface area contributed by atoms with Gasteiger partial charge in [0.15, 0.2) is 5.78 Å². The highest BCUT2D eigenvalue weighted by molar-refractivity contribution is 6.08. The Kier molecular flexibility index (Phi) is 5.12. The first kappa shape index (κ1) is 16.9. The topological polar surface area (TPSA) is 29.5 Å². The van der Waals surface area contributed by atoms with Crippen molar-refractivity contribution in [3.8, 4) is 0 Å². The molecule has 1 saturated heterocycles. The molecule has 24 heavy (non-hydrogen) atoms. The summed E-state index contributed by atoms with van der Waals surface area (Å²) >= 11 is 0. The third-order valence-corrected chi connectivity index (χ3v) is 4.69. The van der Waals surface area contributed by atoms with Crippen LogP contribution in [0.4, 0.5) is 0 Å². The van der Waals surface area contributed by atoms with E-state index in [0.717, 1.165) is 44.0 Å². The van der Waals surface area contributed by atoms with Crippen LogP contribution in [-0.4, -0.2) is 43.5 Å². The van der Waals surface area contributed by atoms with E-state index in [9.17, 15) is 4.79 Å². The molecule has 0 radical (unpaired) electrons. The van der Waals surface area contributed by atoms with Crippen molar-refractivity contribution in [2.45, 2.75) is 19.3 Å². The van der Waals surface area contributed by atoms with Gasteiger partial charge in [-0.05, 0) is 5.56 Å². The van der Waals surface area contributed by atoms with Gasteiger partial charge in [-0.3, -0.25) is 9.69 Å². The summed E-state index contributed by atoms with van der Waals surface area (Å²) < 4.78 is 5.42. The largest absolute Gasteiger partial charge is 0.379 e. The Morgan fingerprint density at radius 1 is 0.958 bits per heavy atom. The fourth-order valence-electron chi connectivity index (χ4n) is 3.24. The summed E-state index contributed by atoms with van der Waals surface area (Å²) in [5.41, 5.74) is 2.79. The summed E-state index contributed by atoms with van der Waals surface area (Å²) in [5.74, 6) is 0.0770. The van der Waals surface area contributed by atoms with Crippen molar-refractivity contribution < 1.29 is 9.53 Å². The number of hydrogen-bond acceptors (Lipinski definition) is 3. The van der Waals surface area contributed by atoms with E-state index in [-0.39, 0.29) is 11.2 Å². The first-order chi connectivity index (χ1) is 11.6. The van der Waals surface area contributed by atoms with E-state index < -0.39 is 0 Å². The quantitative estimate of drug-likeness (QED) is 0.789.